The molecule has 3 aromatic carbocycles. The number of benzene rings is 3. The average molecular weight is 491 g/mol. The first-order valence-electron chi connectivity index (χ1n) is 11.7. The van der Waals surface area contributed by atoms with Gasteiger partial charge in [-0.05, 0) is 68.3 Å². The van der Waals surface area contributed by atoms with Crippen LogP contribution in [0.1, 0.15) is 41.3 Å². The van der Waals surface area contributed by atoms with Crippen molar-refractivity contribution < 1.29 is 28.6 Å². The fourth-order valence-corrected chi connectivity index (χ4v) is 3.26. The summed E-state index contributed by atoms with van der Waals surface area (Å²) in [5.74, 6) is 0.635. The van der Waals surface area contributed by atoms with Gasteiger partial charge in [-0.2, -0.15) is 0 Å². The molecule has 0 saturated heterocycles. The molecule has 36 heavy (non-hydrogen) atoms. The molecule has 0 heterocycles. The second-order valence-corrected chi connectivity index (χ2v) is 7.96. The van der Waals surface area contributed by atoms with Gasteiger partial charge in [-0.1, -0.05) is 35.9 Å². The van der Waals surface area contributed by atoms with Crippen molar-refractivity contribution in [2.24, 2.45) is 0 Å². The molecule has 0 aromatic heterocycles. The maximum absolute atomic E-state index is 12.6. The van der Waals surface area contributed by atoms with Crippen LogP contribution in [-0.2, 0) is 16.1 Å². The lowest BCUT2D eigenvalue weighted by atomic mass is 10.1. The number of nitrogens with one attached hydrogen (secondary N) is 2. The summed E-state index contributed by atoms with van der Waals surface area (Å²) >= 11 is 0. The van der Waals surface area contributed by atoms with Crippen molar-refractivity contribution >= 4 is 23.7 Å². The highest BCUT2D eigenvalue weighted by Crippen LogP contribution is 2.17. The number of para-hydroxylation sites is 1. The molecule has 3 rings (SSSR count). The molecule has 8 nitrogen and oxygen atoms in total. The quantitative estimate of drug-likeness (QED) is 0.216. The second kappa shape index (κ2) is 13.5. The summed E-state index contributed by atoms with van der Waals surface area (Å²) in [7, 11) is 0. The highest BCUT2D eigenvalue weighted by Gasteiger charge is 2.11. The van der Waals surface area contributed by atoms with E-state index in [1.807, 2.05) is 49.4 Å². The molecule has 0 radical (unpaired) electrons. The molecule has 0 aliphatic carbocycles. The van der Waals surface area contributed by atoms with Gasteiger partial charge in [0.15, 0.2) is 0 Å². The zero-order valence-corrected chi connectivity index (χ0v) is 20.4. The van der Waals surface area contributed by atoms with E-state index >= 15 is 0 Å². The Morgan fingerprint density at radius 3 is 2.28 bits per heavy atom. The standard InChI is InChI=1S/C28H30N2O6/c1-3-34-28(33)36-24-16-12-21(13-17-24)27(32)29-19-22-7-4-5-8-25(22)30-26(31)9-6-18-35-23-14-10-20(2)11-15-23/h4-5,7-8,10-17H,3,6,9,18-19H2,1-2H3,(H,29,32)(H,30,31). The third kappa shape index (κ3) is 8.47. The Labute approximate surface area is 210 Å². The number of aryl methyl sites for hydroxylation is 1. The fourth-order valence-electron chi connectivity index (χ4n) is 3.26. The Bertz CT molecular complexity index is 1160. The molecule has 0 unspecified atom stereocenters. The number of rotatable bonds is 11. The fraction of sp³-hybridized carbons (Fsp3) is 0.250. The Hall–Kier alpha value is -4.33. The number of carbonyl (C=O) groups excluding carboxylic acids is 3. The number of amides is 2. The van der Waals surface area contributed by atoms with Crippen LogP contribution in [0.5, 0.6) is 11.5 Å². The molecular weight excluding hydrogens is 460 g/mol. The van der Waals surface area contributed by atoms with E-state index in [2.05, 4.69) is 10.6 Å². The SMILES string of the molecule is CCOC(=O)Oc1ccc(C(=O)NCc2ccccc2NC(=O)CCCOc2ccc(C)cc2)cc1. The maximum Gasteiger partial charge on any atom is 0.513 e. The lowest BCUT2D eigenvalue weighted by Crippen LogP contribution is -2.24. The summed E-state index contributed by atoms with van der Waals surface area (Å²) in [6, 6.07) is 21.2. The predicted octanol–water partition coefficient (Wildman–Crippen LogP) is 5.26. The van der Waals surface area contributed by atoms with Crippen LogP contribution in [0.2, 0.25) is 0 Å². The van der Waals surface area contributed by atoms with E-state index in [0.29, 0.717) is 30.7 Å². The summed E-state index contributed by atoms with van der Waals surface area (Å²) in [5.41, 5.74) is 2.98. The highest BCUT2D eigenvalue weighted by atomic mass is 16.7. The van der Waals surface area contributed by atoms with Gasteiger partial charge in [-0.15, -0.1) is 0 Å². The Morgan fingerprint density at radius 1 is 0.861 bits per heavy atom. The summed E-state index contributed by atoms with van der Waals surface area (Å²) in [4.78, 5) is 36.4. The van der Waals surface area contributed by atoms with Crippen LogP contribution in [0.25, 0.3) is 0 Å². The first-order valence-corrected chi connectivity index (χ1v) is 11.7. The second-order valence-electron chi connectivity index (χ2n) is 7.96. The van der Waals surface area contributed by atoms with E-state index in [4.69, 9.17) is 14.2 Å². The minimum Gasteiger partial charge on any atom is -0.494 e. The summed E-state index contributed by atoms with van der Waals surface area (Å²) in [6.45, 7) is 4.58. The third-order valence-electron chi connectivity index (χ3n) is 5.15. The number of hydrogen-bond acceptors (Lipinski definition) is 6. The van der Waals surface area contributed by atoms with E-state index in [1.165, 1.54) is 12.1 Å². The third-order valence-corrected chi connectivity index (χ3v) is 5.15. The molecule has 2 amide bonds. The molecule has 0 aliphatic heterocycles. The number of anilines is 1. The molecule has 3 aromatic rings. The number of carbonyl (C=O) groups is 3. The van der Waals surface area contributed by atoms with Crippen LogP contribution in [0.3, 0.4) is 0 Å². The van der Waals surface area contributed by atoms with Crippen LogP contribution in [0.4, 0.5) is 10.5 Å². The van der Waals surface area contributed by atoms with Crippen molar-refractivity contribution in [2.45, 2.75) is 33.2 Å². The molecule has 0 saturated carbocycles. The molecular formula is C28H30N2O6. The lowest BCUT2D eigenvalue weighted by Gasteiger charge is -2.12. The van der Waals surface area contributed by atoms with Gasteiger partial charge in [0.25, 0.3) is 5.91 Å². The van der Waals surface area contributed by atoms with Crippen LogP contribution in [0, 0.1) is 6.92 Å². The van der Waals surface area contributed by atoms with Gasteiger partial charge in [0, 0.05) is 24.2 Å². The zero-order chi connectivity index (χ0) is 25.8. The summed E-state index contributed by atoms with van der Waals surface area (Å²) < 4.78 is 15.4. The lowest BCUT2D eigenvalue weighted by molar-refractivity contribution is -0.116. The molecule has 0 atom stereocenters. The van der Waals surface area contributed by atoms with Crippen molar-refractivity contribution in [1.82, 2.24) is 5.32 Å². The van der Waals surface area contributed by atoms with Crippen molar-refractivity contribution in [3.8, 4) is 11.5 Å². The van der Waals surface area contributed by atoms with E-state index in [-0.39, 0.29) is 30.7 Å². The van der Waals surface area contributed by atoms with Gasteiger partial charge in [-0.25, -0.2) is 4.79 Å². The van der Waals surface area contributed by atoms with Crippen LogP contribution in [0.15, 0.2) is 72.8 Å². The minimum atomic E-state index is -0.799. The van der Waals surface area contributed by atoms with E-state index in [0.717, 1.165) is 16.9 Å². The van der Waals surface area contributed by atoms with Gasteiger partial charge in [-0.3, -0.25) is 9.59 Å². The van der Waals surface area contributed by atoms with E-state index < -0.39 is 6.16 Å². The van der Waals surface area contributed by atoms with Gasteiger partial charge in [0.2, 0.25) is 5.91 Å². The molecule has 0 bridgehead atoms. The van der Waals surface area contributed by atoms with Gasteiger partial charge in [0.1, 0.15) is 11.5 Å². The molecule has 2 N–H and O–H groups in total. The van der Waals surface area contributed by atoms with Crippen molar-refractivity contribution in [3.63, 3.8) is 0 Å². The topological polar surface area (TPSA) is 103 Å². The van der Waals surface area contributed by atoms with Gasteiger partial charge in [0.05, 0.1) is 13.2 Å². The molecule has 0 aliphatic rings. The van der Waals surface area contributed by atoms with Crippen molar-refractivity contribution in [2.75, 3.05) is 18.5 Å². The number of hydrogen-bond donors (Lipinski definition) is 2. The van der Waals surface area contributed by atoms with E-state index in [1.54, 1.807) is 25.1 Å². The largest absolute Gasteiger partial charge is 0.513 e. The Kier molecular flexibility index (Phi) is 9.88. The van der Waals surface area contributed by atoms with Gasteiger partial charge < -0.3 is 24.8 Å². The van der Waals surface area contributed by atoms with Crippen molar-refractivity contribution in [1.29, 1.82) is 0 Å². The smallest absolute Gasteiger partial charge is 0.494 e. The first kappa shape index (κ1) is 26.3. The van der Waals surface area contributed by atoms with Crippen LogP contribution >= 0.6 is 0 Å². The van der Waals surface area contributed by atoms with Crippen molar-refractivity contribution in [3.05, 3.63) is 89.5 Å². The summed E-state index contributed by atoms with van der Waals surface area (Å²) in [5, 5.41) is 5.75. The predicted molar refractivity (Wildman–Crippen MR) is 136 cm³/mol. The first-order chi connectivity index (χ1) is 17.4. The Balaban J connectivity index is 1.46. The van der Waals surface area contributed by atoms with E-state index in [9.17, 15) is 14.4 Å². The average Bonchev–Trinajstić information content (AvgIpc) is 2.87. The molecule has 0 fully saturated rings. The number of ether oxygens (including phenoxy) is 3. The monoisotopic (exact) mass is 490 g/mol. The zero-order valence-electron chi connectivity index (χ0n) is 20.4. The molecule has 0 spiro atoms. The maximum atomic E-state index is 12.6. The Morgan fingerprint density at radius 2 is 1.56 bits per heavy atom. The van der Waals surface area contributed by atoms with Crippen LogP contribution in [-0.4, -0.2) is 31.2 Å². The minimum absolute atomic E-state index is 0.126. The normalized spacial score (nSPS) is 10.3. The molecule has 188 valence electrons. The highest BCUT2D eigenvalue weighted by molar-refractivity contribution is 5.95. The molecule has 8 heteroatoms. The van der Waals surface area contributed by atoms with Gasteiger partial charge >= 0.3 is 6.16 Å². The van der Waals surface area contributed by atoms with Crippen LogP contribution < -0.4 is 20.1 Å². The summed E-state index contributed by atoms with van der Waals surface area (Å²) in [6.07, 6.45) is 0.0912.